The molecule has 0 saturated heterocycles. The smallest absolute Gasteiger partial charge is 0.379 e. The van der Waals surface area contributed by atoms with Crippen molar-refractivity contribution in [3.8, 4) is 5.69 Å². The Labute approximate surface area is 108 Å². The lowest BCUT2D eigenvalue weighted by Crippen LogP contribution is -2.22. The molecule has 0 spiro atoms. The lowest BCUT2D eigenvalue weighted by atomic mass is 10.0. The summed E-state index contributed by atoms with van der Waals surface area (Å²) in [5.41, 5.74) is 1.51. The van der Waals surface area contributed by atoms with Crippen molar-refractivity contribution in [3.63, 3.8) is 0 Å². The van der Waals surface area contributed by atoms with Gasteiger partial charge in [-0.2, -0.15) is 18.3 Å². The summed E-state index contributed by atoms with van der Waals surface area (Å²) in [6.45, 7) is 3.51. The molecule has 2 aromatic rings. The SMILES string of the molecule is Cc1ccc([C@@H](O)C(F)(F)F)c(-n2ccc(C)n2)c1. The van der Waals surface area contributed by atoms with Gasteiger partial charge in [-0.15, -0.1) is 0 Å². The Kier molecular flexibility index (Phi) is 3.36. The molecule has 102 valence electrons. The van der Waals surface area contributed by atoms with E-state index in [1.807, 2.05) is 0 Å². The molecule has 19 heavy (non-hydrogen) atoms. The zero-order chi connectivity index (χ0) is 14.2. The van der Waals surface area contributed by atoms with Gasteiger partial charge in [-0.1, -0.05) is 12.1 Å². The molecule has 1 atom stereocenters. The molecule has 0 bridgehead atoms. The van der Waals surface area contributed by atoms with Crippen LogP contribution in [0.2, 0.25) is 0 Å². The van der Waals surface area contributed by atoms with E-state index in [0.29, 0.717) is 5.69 Å². The van der Waals surface area contributed by atoms with Gasteiger partial charge >= 0.3 is 6.18 Å². The number of hydrogen-bond donors (Lipinski definition) is 1. The molecular formula is C13H13F3N2O. The number of aliphatic hydroxyl groups excluding tert-OH is 1. The van der Waals surface area contributed by atoms with Gasteiger partial charge in [0.1, 0.15) is 0 Å². The Morgan fingerprint density at radius 3 is 2.42 bits per heavy atom. The van der Waals surface area contributed by atoms with Crippen molar-refractivity contribution in [3.05, 3.63) is 47.3 Å². The van der Waals surface area contributed by atoms with Gasteiger partial charge in [0.05, 0.1) is 11.4 Å². The van der Waals surface area contributed by atoms with Crippen molar-refractivity contribution in [1.82, 2.24) is 9.78 Å². The Balaban J connectivity index is 2.56. The van der Waals surface area contributed by atoms with Crippen LogP contribution in [0, 0.1) is 13.8 Å². The van der Waals surface area contributed by atoms with E-state index in [0.717, 1.165) is 5.56 Å². The second kappa shape index (κ2) is 4.70. The van der Waals surface area contributed by atoms with E-state index in [1.54, 1.807) is 32.2 Å². The molecule has 0 radical (unpaired) electrons. The Bertz CT molecular complexity index is 590. The van der Waals surface area contributed by atoms with Crippen LogP contribution in [0.25, 0.3) is 5.69 Å². The van der Waals surface area contributed by atoms with Gasteiger partial charge in [-0.05, 0) is 31.5 Å². The Hall–Kier alpha value is -1.82. The van der Waals surface area contributed by atoms with Crippen LogP contribution < -0.4 is 0 Å². The maximum atomic E-state index is 12.7. The number of benzene rings is 1. The summed E-state index contributed by atoms with van der Waals surface area (Å²) in [7, 11) is 0. The zero-order valence-corrected chi connectivity index (χ0v) is 10.4. The number of rotatable bonds is 2. The number of hydrogen-bond acceptors (Lipinski definition) is 2. The summed E-state index contributed by atoms with van der Waals surface area (Å²) in [4.78, 5) is 0. The summed E-state index contributed by atoms with van der Waals surface area (Å²) in [5.74, 6) is 0. The second-order valence-corrected chi connectivity index (χ2v) is 4.41. The molecule has 0 aliphatic carbocycles. The maximum Gasteiger partial charge on any atom is 0.418 e. The highest BCUT2D eigenvalue weighted by Crippen LogP contribution is 2.35. The first kappa shape index (κ1) is 13.6. The van der Waals surface area contributed by atoms with Gasteiger partial charge in [-0.3, -0.25) is 0 Å². The van der Waals surface area contributed by atoms with Crippen molar-refractivity contribution in [1.29, 1.82) is 0 Å². The van der Waals surface area contributed by atoms with Crippen molar-refractivity contribution in [2.24, 2.45) is 0 Å². The standard InChI is InChI=1S/C13H13F3N2O/c1-8-3-4-10(12(19)13(14,15)16)11(7-8)18-6-5-9(2)17-18/h3-7,12,19H,1-2H3/t12-/m1/s1. The van der Waals surface area contributed by atoms with Crippen molar-refractivity contribution in [2.75, 3.05) is 0 Å². The van der Waals surface area contributed by atoms with Crippen LogP contribution >= 0.6 is 0 Å². The third-order valence-corrected chi connectivity index (χ3v) is 2.76. The largest absolute Gasteiger partial charge is 0.418 e. The highest BCUT2D eigenvalue weighted by atomic mass is 19.4. The summed E-state index contributed by atoms with van der Waals surface area (Å²) >= 11 is 0. The first-order chi connectivity index (χ1) is 8.79. The molecule has 1 aromatic carbocycles. The molecule has 0 aliphatic heterocycles. The molecule has 0 saturated carbocycles. The topological polar surface area (TPSA) is 38.0 Å². The average molecular weight is 270 g/mol. The van der Waals surface area contributed by atoms with E-state index in [1.165, 1.54) is 16.8 Å². The van der Waals surface area contributed by atoms with Crippen LogP contribution in [-0.4, -0.2) is 21.1 Å². The van der Waals surface area contributed by atoms with E-state index in [4.69, 9.17) is 0 Å². The van der Waals surface area contributed by atoms with Crippen LogP contribution in [0.1, 0.15) is 22.9 Å². The Morgan fingerprint density at radius 2 is 1.89 bits per heavy atom. The fraction of sp³-hybridized carbons (Fsp3) is 0.308. The second-order valence-electron chi connectivity index (χ2n) is 4.41. The molecule has 1 N–H and O–H groups in total. The lowest BCUT2D eigenvalue weighted by molar-refractivity contribution is -0.206. The van der Waals surface area contributed by atoms with Gasteiger partial charge in [-0.25, -0.2) is 4.68 Å². The molecule has 1 heterocycles. The predicted octanol–water partition coefficient (Wildman–Crippen LogP) is 3.08. The highest BCUT2D eigenvalue weighted by molar-refractivity contribution is 5.45. The van der Waals surface area contributed by atoms with E-state index in [-0.39, 0.29) is 11.3 Å². The molecule has 0 fully saturated rings. The fourth-order valence-corrected chi connectivity index (χ4v) is 1.81. The van der Waals surface area contributed by atoms with Crippen LogP contribution in [0.3, 0.4) is 0 Å². The van der Waals surface area contributed by atoms with Crippen molar-refractivity contribution < 1.29 is 18.3 Å². The third kappa shape index (κ3) is 2.78. The molecule has 0 amide bonds. The number of halogens is 3. The maximum absolute atomic E-state index is 12.7. The first-order valence-corrected chi connectivity index (χ1v) is 5.67. The zero-order valence-electron chi connectivity index (χ0n) is 10.4. The molecule has 0 aliphatic rings. The number of aromatic nitrogens is 2. The molecular weight excluding hydrogens is 257 g/mol. The minimum Gasteiger partial charge on any atom is -0.379 e. The summed E-state index contributed by atoms with van der Waals surface area (Å²) in [6, 6.07) is 6.06. The van der Waals surface area contributed by atoms with E-state index in [9.17, 15) is 18.3 Å². The minimum absolute atomic E-state index is 0.207. The van der Waals surface area contributed by atoms with Gasteiger partial charge in [0.2, 0.25) is 0 Å². The monoisotopic (exact) mass is 270 g/mol. The summed E-state index contributed by atoms with van der Waals surface area (Å²) in [5, 5.41) is 13.5. The third-order valence-electron chi connectivity index (χ3n) is 2.76. The van der Waals surface area contributed by atoms with E-state index in [2.05, 4.69) is 5.10 Å². The van der Waals surface area contributed by atoms with Gasteiger partial charge < -0.3 is 5.11 Å². The van der Waals surface area contributed by atoms with Crippen LogP contribution in [0.15, 0.2) is 30.5 Å². The van der Waals surface area contributed by atoms with Crippen LogP contribution in [-0.2, 0) is 0 Å². The number of aryl methyl sites for hydroxylation is 2. The van der Waals surface area contributed by atoms with Crippen LogP contribution in [0.4, 0.5) is 13.2 Å². The molecule has 2 rings (SSSR count). The van der Waals surface area contributed by atoms with E-state index >= 15 is 0 Å². The number of aliphatic hydroxyl groups is 1. The molecule has 0 unspecified atom stereocenters. The normalized spacial score (nSPS) is 13.6. The van der Waals surface area contributed by atoms with Crippen molar-refractivity contribution in [2.45, 2.75) is 26.1 Å². The summed E-state index contributed by atoms with van der Waals surface area (Å²) in [6.07, 6.45) is -5.66. The minimum atomic E-state index is -4.70. The van der Waals surface area contributed by atoms with Gasteiger partial charge in [0, 0.05) is 11.8 Å². The Morgan fingerprint density at radius 1 is 1.21 bits per heavy atom. The van der Waals surface area contributed by atoms with E-state index < -0.39 is 12.3 Å². The predicted molar refractivity (Wildman–Crippen MR) is 64.1 cm³/mol. The lowest BCUT2D eigenvalue weighted by Gasteiger charge is -2.18. The number of alkyl halides is 3. The van der Waals surface area contributed by atoms with Gasteiger partial charge in [0.15, 0.2) is 6.10 Å². The molecule has 1 aromatic heterocycles. The highest BCUT2D eigenvalue weighted by Gasteiger charge is 2.40. The molecule has 6 heteroatoms. The molecule has 3 nitrogen and oxygen atoms in total. The quantitative estimate of drug-likeness (QED) is 0.910. The fourth-order valence-electron chi connectivity index (χ4n) is 1.81. The average Bonchev–Trinajstić information content (AvgIpc) is 2.73. The van der Waals surface area contributed by atoms with Crippen molar-refractivity contribution >= 4 is 0 Å². The first-order valence-electron chi connectivity index (χ1n) is 5.67. The van der Waals surface area contributed by atoms with Crippen LogP contribution in [0.5, 0.6) is 0 Å². The van der Waals surface area contributed by atoms with Gasteiger partial charge in [0.25, 0.3) is 0 Å². The summed E-state index contributed by atoms with van der Waals surface area (Å²) < 4.78 is 39.3. The number of nitrogens with zero attached hydrogens (tertiary/aromatic N) is 2.